The number of carbonyl (C=O) groups excluding carboxylic acids is 1. The van der Waals surface area contributed by atoms with Gasteiger partial charge in [0, 0.05) is 25.4 Å². The Morgan fingerprint density at radius 1 is 1.07 bits per heavy atom. The Balaban J connectivity index is 0.00000300. The zero-order valence-electron chi connectivity index (χ0n) is 16.5. The molecule has 1 amide bonds. The van der Waals surface area contributed by atoms with E-state index in [9.17, 15) is 4.79 Å². The molecule has 3 rings (SSSR count). The van der Waals surface area contributed by atoms with E-state index >= 15 is 0 Å². The van der Waals surface area contributed by atoms with Gasteiger partial charge in [-0.1, -0.05) is 30.3 Å². The number of hydrogen-bond donors (Lipinski definition) is 2. The highest BCUT2D eigenvalue weighted by molar-refractivity contribution is 5.95. The molecule has 1 fully saturated rings. The maximum absolute atomic E-state index is 12.8. The second kappa shape index (κ2) is 11.8. The molecule has 0 aliphatic carbocycles. The largest absolute Gasteiger partial charge is 0.491 e. The Hall–Kier alpha value is -2.12. The Kier molecular flexibility index (Phi) is 9.41. The Bertz CT molecular complexity index is 751. The van der Waals surface area contributed by atoms with Crippen molar-refractivity contribution in [2.75, 3.05) is 38.3 Å². The number of ether oxygens (including phenoxy) is 3. The number of para-hydroxylation sites is 1. The summed E-state index contributed by atoms with van der Waals surface area (Å²) in [4.78, 5) is 12.8. The highest BCUT2D eigenvalue weighted by atomic mass is 35.5. The first-order valence-corrected chi connectivity index (χ1v) is 9.66. The fourth-order valence-electron chi connectivity index (χ4n) is 3.21. The van der Waals surface area contributed by atoms with Crippen molar-refractivity contribution < 1.29 is 19.0 Å². The Morgan fingerprint density at radius 3 is 2.55 bits per heavy atom. The molecule has 1 heterocycles. The second-order valence-corrected chi connectivity index (χ2v) is 6.97. The van der Waals surface area contributed by atoms with Crippen LogP contribution in [-0.2, 0) is 20.9 Å². The third-order valence-electron chi connectivity index (χ3n) is 5.02. The summed E-state index contributed by atoms with van der Waals surface area (Å²) < 4.78 is 16.7. The van der Waals surface area contributed by atoms with E-state index in [2.05, 4.69) is 5.32 Å². The molecule has 0 saturated carbocycles. The summed E-state index contributed by atoms with van der Waals surface area (Å²) in [6.45, 7) is 2.90. The molecular formula is C22H29ClN2O4. The SMILES string of the molecule is Cl.NCC1(C(=O)Nc2cccc(COCCOc3ccccc3)c2)CCOCC1. The first kappa shape index (κ1) is 23.2. The average Bonchev–Trinajstić information content (AvgIpc) is 2.75. The second-order valence-electron chi connectivity index (χ2n) is 6.97. The van der Waals surface area contributed by atoms with Gasteiger partial charge in [0.1, 0.15) is 12.4 Å². The fourth-order valence-corrected chi connectivity index (χ4v) is 3.21. The van der Waals surface area contributed by atoms with Crippen molar-refractivity contribution >= 4 is 24.0 Å². The smallest absolute Gasteiger partial charge is 0.232 e. The summed E-state index contributed by atoms with van der Waals surface area (Å²) in [5.74, 6) is 0.797. The van der Waals surface area contributed by atoms with Crippen molar-refractivity contribution in [3.05, 3.63) is 60.2 Å². The molecule has 3 N–H and O–H groups in total. The molecular weight excluding hydrogens is 392 g/mol. The van der Waals surface area contributed by atoms with Crippen LogP contribution in [-0.4, -0.2) is 38.9 Å². The molecule has 0 unspecified atom stereocenters. The molecule has 1 aliphatic heterocycles. The number of hydrogen-bond acceptors (Lipinski definition) is 5. The number of anilines is 1. The van der Waals surface area contributed by atoms with Gasteiger partial charge in [0.15, 0.2) is 0 Å². The van der Waals surface area contributed by atoms with Crippen LogP contribution in [0.15, 0.2) is 54.6 Å². The third kappa shape index (κ3) is 6.72. The van der Waals surface area contributed by atoms with Crippen molar-refractivity contribution in [1.29, 1.82) is 0 Å². The first-order chi connectivity index (χ1) is 13.7. The summed E-state index contributed by atoms with van der Waals surface area (Å²) in [6.07, 6.45) is 1.30. The molecule has 1 aliphatic rings. The van der Waals surface area contributed by atoms with Crippen LogP contribution in [0.3, 0.4) is 0 Å². The minimum absolute atomic E-state index is 0. The van der Waals surface area contributed by atoms with Gasteiger partial charge < -0.3 is 25.3 Å². The van der Waals surface area contributed by atoms with Gasteiger partial charge in [-0.05, 0) is 42.7 Å². The van der Waals surface area contributed by atoms with E-state index in [1.165, 1.54) is 0 Å². The molecule has 29 heavy (non-hydrogen) atoms. The van der Waals surface area contributed by atoms with Crippen LogP contribution in [0.2, 0.25) is 0 Å². The lowest BCUT2D eigenvalue weighted by Crippen LogP contribution is -2.46. The molecule has 2 aromatic rings. The van der Waals surface area contributed by atoms with Crippen LogP contribution in [0.5, 0.6) is 5.75 Å². The molecule has 6 nitrogen and oxygen atoms in total. The van der Waals surface area contributed by atoms with Crippen LogP contribution in [0, 0.1) is 5.41 Å². The van der Waals surface area contributed by atoms with Gasteiger partial charge in [-0.25, -0.2) is 0 Å². The number of nitrogens with two attached hydrogens (primary N) is 1. The third-order valence-corrected chi connectivity index (χ3v) is 5.02. The minimum Gasteiger partial charge on any atom is -0.491 e. The Morgan fingerprint density at radius 2 is 1.83 bits per heavy atom. The van der Waals surface area contributed by atoms with Crippen LogP contribution in [0.1, 0.15) is 18.4 Å². The van der Waals surface area contributed by atoms with E-state index in [0.717, 1.165) is 17.0 Å². The lowest BCUT2D eigenvalue weighted by Gasteiger charge is -2.34. The maximum atomic E-state index is 12.8. The number of carbonyl (C=O) groups is 1. The average molecular weight is 421 g/mol. The normalized spacial score (nSPS) is 15.2. The van der Waals surface area contributed by atoms with Crippen LogP contribution >= 0.6 is 12.4 Å². The maximum Gasteiger partial charge on any atom is 0.232 e. The molecule has 0 spiro atoms. The highest BCUT2D eigenvalue weighted by Gasteiger charge is 2.38. The zero-order chi connectivity index (χ0) is 19.7. The van der Waals surface area contributed by atoms with E-state index in [1.807, 2.05) is 54.6 Å². The van der Waals surface area contributed by atoms with E-state index in [0.29, 0.717) is 52.4 Å². The predicted molar refractivity (Wildman–Crippen MR) is 115 cm³/mol. The topological polar surface area (TPSA) is 82.8 Å². The molecule has 158 valence electrons. The van der Waals surface area contributed by atoms with E-state index in [-0.39, 0.29) is 18.3 Å². The lowest BCUT2D eigenvalue weighted by atomic mass is 9.79. The van der Waals surface area contributed by atoms with Crippen molar-refractivity contribution in [1.82, 2.24) is 0 Å². The number of benzene rings is 2. The van der Waals surface area contributed by atoms with Gasteiger partial charge in [-0.15, -0.1) is 12.4 Å². The fraction of sp³-hybridized carbons (Fsp3) is 0.409. The molecule has 7 heteroatoms. The Labute approximate surface area is 178 Å². The lowest BCUT2D eigenvalue weighted by molar-refractivity contribution is -0.130. The predicted octanol–water partition coefficient (Wildman–Crippen LogP) is 3.40. The highest BCUT2D eigenvalue weighted by Crippen LogP contribution is 2.31. The van der Waals surface area contributed by atoms with E-state index in [4.69, 9.17) is 19.9 Å². The van der Waals surface area contributed by atoms with Crippen LogP contribution in [0.25, 0.3) is 0 Å². The monoisotopic (exact) mass is 420 g/mol. The molecule has 0 radical (unpaired) electrons. The number of amides is 1. The van der Waals surface area contributed by atoms with Gasteiger partial charge in [0.05, 0.1) is 18.6 Å². The van der Waals surface area contributed by atoms with Gasteiger partial charge in [0.25, 0.3) is 0 Å². The summed E-state index contributed by atoms with van der Waals surface area (Å²) in [5, 5.41) is 3.01. The summed E-state index contributed by atoms with van der Waals surface area (Å²) in [6, 6.07) is 17.3. The summed E-state index contributed by atoms with van der Waals surface area (Å²) in [5.41, 5.74) is 7.12. The molecule has 0 bridgehead atoms. The molecule has 1 saturated heterocycles. The van der Waals surface area contributed by atoms with Gasteiger partial charge in [-0.3, -0.25) is 4.79 Å². The van der Waals surface area contributed by atoms with E-state index in [1.54, 1.807) is 0 Å². The first-order valence-electron chi connectivity index (χ1n) is 9.66. The van der Waals surface area contributed by atoms with Crippen LogP contribution in [0.4, 0.5) is 5.69 Å². The van der Waals surface area contributed by atoms with Crippen LogP contribution < -0.4 is 15.8 Å². The number of rotatable bonds is 9. The van der Waals surface area contributed by atoms with E-state index < -0.39 is 5.41 Å². The molecule has 2 aromatic carbocycles. The quantitative estimate of drug-likeness (QED) is 0.607. The van der Waals surface area contributed by atoms with Crippen molar-refractivity contribution in [2.45, 2.75) is 19.4 Å². The zero-order valence-corrected chi connectivity index (χ0v) is 17.3. The van der Waals surface area contributed by atoms with Gasteiger partial charge in [0.2, 0.25) is 5.91 Å². The van der Waals surface area contributed by atoms with Gasteiger partial charge in [-0.2, -0.15) is 0 Å². The van der Waals surface area contributed by atoms with Crippen molar-refractivity contribution in [3.63, 3.8) is 0 Å². The minimum atomic E-state index is -0.542. The standard InChI is InChI=1S/C22H28N2O4.ClH/c23-17-22(9-11-26-12-10-22)21(25)24-19-6-4-5-18(15-19)16-27-13-14-28-20-7-2-1-3-8-20;/h1-8,15H,9-14,16-17,23H2,(H,24,25);1H. The molecule has 0 aromatic heterocycles. The number of nitrogens with one attached hydrogen (secondary N) is 1. The number of halogens is 1. The van der Waals surface area contributed by atoms with Crippen molar-refractivity contribution in [2.24, 2.45) is 11.1 Å². The molecule has 0 atom stereocenters. The summed E-state index contributed by atoms with van der Waals surface area (Å²) >= 11 is 0. The van der Waals surface area contributed by atoms with Gasteiger partial charge >= 0.3 is 0 Å². The van der Waals surface area contributed by atoms with Crippen molar-refractivity contribution in [3.8, 4) is 5.75 Å². The summed E-state index contributed by atoms with van der Waals surface area (Å²) in [7, 11) is 0.